The minimum atomic E-state index is 0.896. The van der Waals surface area contributed by atoms with Crippen LogP contribution in [0.5, 0.6) is 0 Å². The summed E-state index contributed by atoms with van der Waals surface area (Å²) in [5, 5.41) is 2.13. The Kier molecular flexibility index (Phi) is 4.66. The first-order valence-electron chi connectivity index (χ1n) is 3.91. The number of morpholine rings is 1. The molecule has 1 saturated heterocycles. The molecule has 0 saturated carbocycles. The standard InChI is InChI=1S/C8H15NOS/c1-11-8-2-3-9-4-6-10-7-5-9/h2,8H,3-7H2,1H3. The lowest BCUT2D eigenvalue weighted by Gasteiger charge is -2.24. The first-order valence-corrected chi connectivity index (χ1v) is 5.20. The van der Waals surface area contributed by atoms with Crippen molar-refractivity contribution in [1.82, 2.24) is 4.90 Å². The van der Waals surface area contributed by atoms with E-state index in [1.165, 1.54) is 0 Å². The zero-order valence-corrected chi connectivity index (χ0v) is 7.77. The number of nitrogens with zero attached hydrogens (tertiary/aromatic N) is 1. The van der Waals surface area contributed by atoms with E-state index in [1.54, 1.807) is 11.8 Å². The van der Waals surface area contributed by atoms with Crippen molar-refractivity contribution in [3.05, 3.63) is 11.5 Å². The van der Waals surface area contributed by atoms with E-state index in [4.69, 9.17) is 4.74 Å². The monoisotopic (exact) mass is 173 g/mol. The van der Waals surface area contributed by atoms with Gasteiger partial charge in [-0.3, -0.25) is 4.90 Å². The molecule has 0 spiro atoms. The molecule has 64 valence electrons. The number of hydrogen-bond acceptors (Lipinski definition) is 3. The van der Waals surface area contributed by atoms with Gasteiger partial charge in [0.25, 0.3) is 0 Å². The molecule has 0 aromatic carbocycles. The highest BCUT2D eigenvalue weighted by atomic mass is 32.2. The Balaban J connectivity index is 2.09. The average molecular weight is 173 g/mol. The molecule has 0 N–H and O–H groups in total. The predicted molar refractivity (Wildman–Crippen MR) is 49.9 cm³/mol. The second-order valence-corrected chi connectivity index (χ2v) is 3.26. The first-order chi connectivity index (χ1) is 5.43. The summed E-state index contributed by atoms with van der Waals surface area (Å²) < 4.78 is 5.24. The fourth-order valence-electron chi connectivity index (χ4n) is 1.07. The third kappa shape index (κ3) is 3.79. The summed E-state index contributed by atoms with van der Waals surface area (Å²) in [6.45, 7) is 5.03. The van der Waals surface area contributed by atoms with Crippen LogP contribution in [-0.4, -0.2) is 44.0 Å². The van der Waals surface area contributed by atoms with Crippen molar-refractivity contribution in [2.45, 2.75) is 0 Å². The quantitative estimate of drug-likeness (QED) is 0.636. The highest BCUT2D eigenvalue weighted by Crippen LogP contribution is 1.98. The summed E-state index contributed by atoms with van der Waals surface area (Å²) in [5.74, 6) is 0. The normalized spacial score (nSPS) is 21.2. The molecular formula is C8H15NOS. The summed E-state index contributed by atoms with van der Waals surface area (Å²) in [7, 11) is 0. The number of hydrogen-bond donors (Lipinski definition) is 0. The van der Waals surface area contributed by atoms with Gasteiger partial charge in [-0.1, -0.05) is 6.08 Å². The molecule has 0 radical (unpaired) electrons. The Bertz CT molecular complexity index is 121. The van der Waals surface area contributed by atoms with Crippen molar-refractivity contribution in [3.63, 3.8) is 0 Å². The van der Waals surface area contributed by atoms with Crippen molar-refractivity contribution in [1.29, 1.82) is 0 Å². The predicted octanol–water partition coefficient (Wildman–Crippen LogP) is 1.20. The van der Waals surface area contributed by atoms with Crippen LogP contribution >= 0.6 is 11.8 Å². The van der Waals surface area contributed by atoms with Gasteiger partial charge in [-0.15, -0.1) is 11.8 Å². The van der Waals surface area contributed by atoms with Crippen LogP contribution in [0, 0.1) is 0 Å². The Morgan fingerprint density at radius 1 is 1.45 bits per heavy atom. The van der Waals surface area contributed by atoms with Crippen LogP contribution in [-0.2, 0) is 4.74 Å². The molecule has 11 heavy (non-hydrogen) atoms. The van der Waals surface area contributed by atoms with Crippen molar-refractivity contribution >= 4 is 11.8 Å². The van der Waals surface area contributed by atoms with Crippen LogP contribution in [0.3, 0.4) is 0 Å². The average Bonchev–Trinajstić information content (AvgIpc) is 2.07. The Hall–Kier alpha value is 0.01000. The molecule has 0 aromatic heterocycles. The summed E-state index contributed by atoms with van der Waals surface area (Å²) in [4.78, 5) is 2.40. The van der Waals surface area contributed by atoms with Gasteiger partial charge in [0.2, 0.25) is 0 Å². The zero-order valence-electron chi connectivity index (χ0n) is 6.95. The van der Waals surface area contributed by atoms with Gasteiger partial charge in [0.1, 0.15) is 0 Å². The second kappa shape index (κ2) is 5.63. The molecule has 2 nitrogen and oxygen atoms in total. The zero-order chi connectivity index (χ0) is 7.94. The van der Waals surface area contributed by atoms with Gasteiger partial charge in [-0.2, -0.15) is 0 Å². The summed E-state index contributed by atoms with van der Waals surface area (Å²) >= 11 is 1.75. The van der Waals surface area contributed by atoms with Gasteiger partial charge in [-0.25, -0.2) is 0 Å². The molecule has 1 aliphatic rings. The fraction of sp³-hybridized carbons (Fsp3) is 0.750. The Morgan fingerprint density at radius 2 is 2.18 bits per heavy atom. The third-order valence-corrected chi connectivity index (χ3v) is 2.16. The summed E-state index contributed by atoms with van der Waals surface area (Å²) in [6, 6.07) is 0. The molecule has 0 aromatic rings. The largest absolute Gasteiger partial charge is 0.379 e. The highest BCUT2D eigenvalue weighted by molar-refractivity contribution is 8.01. The molecule has 0 amide bonds. The van der Waals surface area contributed by atoms with Crippen LogP contribution in [0.1, 0.15) is 0 Å². The van der Waals surface area contributed by atoms with Gasteiger partial charge in [0.05, 0.1) is 13.2 Å². The molecule has 0 atom stereocenters. The van der Waals surface area contributed by atoms with E-state index >= 15 is 0 Å². The van der Waals surface area contributed by atoms with Gasteiger partial charge >= 0.3 is 0 Å². The van der Waals surface area contributed by atoms with E-state index in [-0.39, 0.29) is 0 Å². The molecule has 1 fully saturated rings. The van der Waals surface area contributed by atoms with E-state index in [9.17, 15) is 0 Å². The Morgan fingerprint density at radius 3 is 2.82 bits per heavy atom. The molecule has 0 bridgehead atoms. The maximum atomic E-state index is 5.24. The van der Waals surface area contributed by atoms with Gasteiger partial charge in [0, 0.05) is 19.6 Å². The topological polar surface area (TPSA) is 12.5 Å². The second-order valence-electron chi connectivity index (χ2n) is 2.52. The molecule has 1 aliphatic heterocycles. The lowest BCUT2D eigenvalue weighted by molar-refractivity contribution is 0.0434. The molecule has 1 heterocycles. The SMILES string of the molecule is CSC=CCN1CCOCC1. The lowest BCUT2D eigenvalue weighted by Crippen LogP contribution is -2.36. The van der Waals surface area contributed by atoms with Crippen molar-refractivity contribution in [2.24, 2.45) is 0 Å². The van der Waals surface area contributed by atoms with E-state index in [0.29, 0.717) is 0 Å². The summed E-state index contributed by atoms with van der Waals surface area (Å²) in [5.41, 5.74) is 0. The van der Waals surface area contributed by atoms with E-state index in [2.05, 4.69) is 22.6 Å². The number of ether oxygens (including phenoxy) is 1. The highest BCUT2D eigenvalue weighted by Gasteiger charge is 2.06. The van der Waals surface area contributed by atoms with E-state index < -0.39 is 0 Å². The van der Waals surface area contributed by atoms with Gasteiger partial charge in [0.15, 0.2) is 0 Å². The first kappa shape index (κ1) is 9.10. The van der Waals surface area contributed by atoms with Crippen molar-refractivity contribution in [2.75, 3.05) is 39.1 Å². The van der Waals surface area contributed by atoms with Gasteiger partial charge < -0.3 is 4.74 Å². The molecule has 0 aliphatic carbocycles. The molecule has 3 heteroatoms. The Labute approximate surface area is 72.6 Å². The molecule has 1 rings (SSSR count). The van der Waals surface area contributed by atoms with Crippen LogP contribution in [0.4, 0.5) is 0 Å². The molecule has 0 unspecified atom stereocenters. The van der Waals surface area contributed by atoms with Crippen molar-refractivity contribution in [3.8, 4) is 0 Å². The van der Waals surface area contributed by atoms with Crippen LogP contribution in [0.2, 0.25) is 0 Å². The fourth-order valence-corrected chi connectivity index (χ4v) is 1.35. The smallest absolute Gasteiger partial charge is 0.0594 e. The van der Waals surface area contributed by atoms with Gasteiger partial charge in [-0.05, 0) is 11.7 Å². The van der Waals surface area contributed by atoms with Crippen LogP contribution in [0.25, 0.3) is 0 Å². The maximum Gasteiger partial charge on any atom is 0.0594 e. The lowest BCUT2D eigenvalue weighted by atomic mass is 10.4. The minimum Gasteiger partial charge on any atom is -0.379 e. The van der Waals surface area contributed by atoms with Crippen LogP contribution in [0.15, 0.2) is 11.5 Å². The third-order valence-electron chi connectivity index (χ3n) is 1.70. The number of thioether (sulfide) groups is 1. The van der Waals surface area contributed by atoms with Crippen LogP contribution < -0.4 is 0 Å². The number of rotatable bonds is 3. The van der Waals surface area contributed by atoms with E-state index in [0.717, 1.165) is 32.8 Å². The van der Waals surface area contributed by atoms with E-state index in [1.807, 2.05) is 0 Å². The van der Waals surface area contributed by atoms with Crippen molar-refractivity contribution < 1.29 is 4.74 Å². The maximum absolute atomic E-state index is 5.24. The summed E-state index contributed by atoms with van der Waals surface area (Å²) in [6.07, 6.45) is 4.28. The molecular weight excluding hydrogens is 158 g/mol. The minimum absolute atomic E-state index is 0.896.